The molecule has 1 saturated heterocycles. The third-order valence-corrected chi connectivity index (χ3v) is 2.81. The highest BCUT2D eigenvalue weighted by atomic mass is 19.1. The molecule has 1 amide bonds. The Labute approximate surface area is 99.0 Å². The summed E-state index contributed by atoms with van der Waals surface area (Å²) in [7, 11) is 0. The highest BCUT2D eigenvalue weighted by Gasteiger charge is 2.30. The second-order valence-corrected chi connectivity index (χ2v) is 4.03. The van der Waals surface area contributed by atoms with E-state index in [2.05, 4.69) is 5.43 Å². The number of nitrogens with one attached hydrogen (secondary N) is 1. The van der Waals surface area contributed by atoms with Gasteiger partial charge in [-0.05, 0) is 12.5 Å². The van der Waals surface area contributed by atoms with Crippen molar-refractivity contribution in [3.63, 3.8) is 0 Å². The molecule has 1 fully saturated rings. The van der Waals surface area contributed by atoms with Gasteiger partial charge >= 0.3 is 0 Å². The Bertz CT molecular complexity index is 411. The molecule has 1 aromatic carbocycles. The smallest absolute Gasteiger partial charge is 0.238 e. The zero-order valence-electron chi connectivity index (χ0n) is 9.40. The molecule has 92 valence electrons. The maximum absolute atomic E-state index is 13.5. The van der Waals surface area contributed by atoms with Crippen molar-refractivity contribution in [2.24, 2.45) is 0 Å². The van der Waals surface area contributed by atoms with Crippen molar-refractivity contribution in [1.82, 2.24) is 10.4 Å². The summed E-state index contributed by atoms with van der Waals surface area (Å²) in [5, 5.41) is 10.2. The van der Waals surface area contributed by atoms with Crippen LogP contribution in [-0.2, 0) is 4.79 Å². The van der Waals surface area contributed by atoms with Gasteiger partial charge in [0.25, 0.3) is 0 Å². The van der Waals surface area contributed by atoms with Crippen LogP contribution in [0.3, 0.4) is 0 Å². The molecule has 2 rings (SSSR count). The summed E-state index contributed by atoms with van der Waals surface area (Å²) in [6.45, 7) is 0.482. The van der Waals surface area contributed by atoms with Crippen molar-refractivity contribution < 1.29 is 14.3 Å². The minimum Gasteiger partial charge on any atom is -0.396 e. The molecule has 1 aliphatic heterocycles. The van der Waals surface area contributed by atoms with Crippen molar-refractivity contribution in [2.75, 3.05) is 13.2 Å². The number of benzene rings is 1. The predicted molar refractivity (Wildman–Crippen MR) is 60.3 cm³/mol. The maximum Gasteiger partial charge on any atom is 0.238 e. The second-order valence-electron chi connectivity index (χ2n) is 4.03. The number of aliphatic hydroxyl groups excluding tert-OH is 1. The van der Waals surface area contributed by atoms with Crippen molar-refractivity contribution in [3.05, 3.63) is 35.6 Å². The molecule has 1 heterocycles. The number of nitrogens with zero attached hydrogens (tertiary/aromatic N) is 1. The van der Waals surface area contributed by atoms with Gasteiger partial charge in [0.05, 0.1) is 6.04 Å². The molecule has 1 aromatic rings. The van der Waals surface area contributed by atoms with E-state index >= 15 is 0 Å². The number of carbonyl (C=O) groups excluding carboxylic acids is 1. The van der Waals surface area contributed by atoms with E-state index in [1.807, 2.05) is 0 Å². The summed E-state index contributed by atoms with van der Waals surface area (Å²) in [6.07, 6.45) is 0.773. The van der Waals surface area contributed by atoms with Crippen molar-refractivity contribution in [1.29, 1.82) is 0 Å². The van der Waals surface area contributed by atoms with Crippen LogP contribution in [0.5, 0.6) is 0 Å². The lowest BCUT2D eigenvalue weighted by molar-refractivity contribution is -0.129. The SMILES string of the molecule is O=C1CC(c2ccccc2F)NN1CCCO. The number of aliphatic hydroxyl groups is 1. The summed E-state index contributed by atoms with van der Waals surface area (Å²) in [5.41, 5.74) is 3.47. The summed E-state index contributed by atoms with van der Waals surface area (Å²) >= 11 is 0. The van der Waals surface area contributed by atoms with Gasteiger partial charge in [0.1, 0.15) is 5.82 Å². The molecule has 0 aromatic heterocycles. The number of carbonyl (C=O) groups is 1. The minimum atomic E-state index is -0.304. The fourth-order valence-electron chi connectivity index (χ4n) is 1.95. The van der Waals surface area contributed by atoms with Gasteiger partial charge in [-0.15, -0.1) is 0 Å². The number of halogens is 1. The van der Waals surface area contributed by atoms with Crippen LogP contribution in [0, 0.1) is 5.82 Å². The first-order valence-electron chi connectivity index (χ1n) is 5.64. The van der Waals surface area contributed by atoms with Crippen molar-refractivity contribution in [2.45, 2.75) is 18.9 Å². The molecule has 1 atom stereocenters. The number of hydrogen-bond acceptors (Lipinski definition) is 3. The normalized spacial score (nSPS) is 20.0. The minimum absolute atomic E-state index is 0.0375. The number of rotatable bonds is 4. The Balaban J connectivity index is 2.06. The van der Waals surface area contributed by atoms with E-state index in [9.17, 15) is 9.18 Å². The average molecular weight is 238 g/mol. The number of amides is 1. The van der Waals surface area contributed by atoms with Gasteiger partial charge in [-0.2, -0.15) is 0 Å². The molecule has 0 bridgehead atoms. The molecule has 4 nitrogen and oxygen atoms in total. The Morgan fingerprint density at radius 1 is 1.47 bits per heavy atom. The molecular weight excluding hydrogens is 223 g/mol. The summed E-state index contributed by atoms with van der Waals surface area (Å²) in [4.78, 5) is 11.6. The lowest BCUT2D eigenvalue weighted by Gasteiger charge is -2.17. The lowest BCUT2D eigenvalue weighted by atomic mass is 10.1. The van der Waals surface area contributed by atoms with Crippen LogP contribution in [-0.4, -0.2) is 29.2 Å². The van der Waals surface area contributed by atoms with Gasteiger partial charge in [-0.25, -0.2) is 9.82 Å². The van der Waals surface area contributed by atoms with Crippen LogP contribution in [0.4, 0.5) is 4.39 Å². The topological polar surface area (TPSA) is 52.6 Å². The van der Waals surface area contributed by atoms with Crippen LogP contribution in [0.25, 0.3) is 0 Å². The molecule has 1 unspecified atom stereocenters. The number of hydrazine groups is 1. The highest BCUT2D eigenvalue weighted by Crippen LogP contribution is 2.25. The fourth-order valence-corrected chi connectivity index (χ4v) is 1.95. The van der Waals surface area contributed by atoms with Gasteiger partial charge in [-0.3, -0.25) is 9.80 Å². The predicted octanol–water partition coefficient (Wildman–Crippen LogP) is 0.986. The molecule has 5 heteroatoms. The average Bonchev–Trinajstić information content (AvgIpc) is 2.68. The van der Waals surface area contributed by atoms with Crippen LogP contribution in [0.15, 0.2) is 24.3 Å². The maximum atomic E-state index is 13.5. The van der Waals surface area contributed by atoms with Gasteiger partial charge in [0.2, 0.25) is 5.91 Å². The van der Waals surface area contributed by atoms with Gasteiger partial charge in [0, 0.05) is 25.1 Å². The van der Waals surface area contributed by atoms with E-state index in [4.69, 9.17) is 5.11 Å². The zero-order valence-corrected chi connectivity index (χ0v) is 9.40. The third kappa shape index (κ3) is 2.62. The first-order valence-corrected chi connectivity index (χ1v) is 5.64. The first-order chi connectivity index (χ1) is 8.22. The van der Waals surface area contributed by atoms with E-state index in [1.165, 1.54) is 11.1 Å². The molecular formula is C12H15FN2O2. The summed E-state index contributed by atoms with van der Waals surface area (Å²) in [6, 6.07) is 6.13. The fraction of sp³-hybridized carbons (Fsp3) is 0.417. The van der Waals surface area contributed by atoms with Crippen molar-refractivity contribution >= 4 is 5.91 Å². The van der Waals surface area contributed by atoms with E-state index in [0.29, 0.717) is 18.5 Å². The standard InChI is InChI=1S/C12H15FN2O2/c13-10-5-2-1-4-9(10)11-8-12(17)15(14-11)6-3-7-16/h1-2,4-5,11,14,16H,3,6-8H2. The second kappa shape index (κ2) is 5.25. The molecule has 2 N–H and O–H groups in total. The lowest BCUT2D eigenvalue weighted by Crippen LogP contribution is -2.36. The van der Waals surface area contributed by atoms with E-state index < -0.39 is 0 Å². The van der Waals surface area contributed by atoms with Gasteiger partial charge in [0.15, 0.2) is 0 Å². The van der Waals surface area contributed by atoms with E-state index in [1.54, 1.807) is 18.2 Å². The number of hydrogen-bond donors (Lipinski definition) is 2. The summed E-state index contributed by atoms with van der Waals surface area (Å²) in [5.74, 6) is -0.367. The molecule has 0 aliphatic carbocycles. The van der Waals surface area contributed by atoms with Gasteiger partial charge in [-0.1, -0.05) is 18.2 Å². The van der Waals surface area contributed by atoms with Crippen LogP contribution in [0.1, 0.15) is 24.4 Å². The quantitative estimate of drug-likeness (QED) is 0.822. The van der Waals surface area contributed by atoms with Crippen LogP contribution >= 0.6 is 0 Å². The van der Waals surface area contributed by atoms with Crippen LogP contribution < -0.4 is 5.43 Å². The molecule has 0 spiro atoms. The Morgan fingerprint density at radius 2 is 2.24 bits per heavy atom. The largest absolute Gasteiger partial charge is 0.396 e. The molecule has 1 aliphatic rings. The Kier molecular flexibility index (Phi) is 3.71. The van der Waals surface area contributed by atoms with E-state index in [-0.39, 0.29) is 30.8 Å². The molecule has 0 radical (unpaired) electrons. The Morgan fingerprint density at radius 3 is 2.94 bits per heavy atom. The zero-order chi connectivity index (χ0) is 12.3. The molecule has 17 heavy (non-hydrogen) atoms. The van der Waals surface area contributed by atoms with Crippen molar-refractivity contribution in [3.8, 4) is 0 Å². The highest BCUT2D eigenvalue weighted by molar-refractivity contribution is 5.78. The first kappa shape index (κ1) is 12.0. The monoisotopic (exact) mass is 238 g/mol. The van der Waals surface area contributed by atoms with Crippen LogP contribution in [0.2, 0.25) is 0 Å². The molecule has 0 saturated carbocycles. The van der Waals surface area contributed by atoms with E-state index in [0.717, 1.165) is 0 Å². The van der Waals surface area contributed by atoms with Gasteiger partial charge < -0.3 is 5.11 Å². The Hall–Kier alpha value is -1.46. The summed E-state index contributed by atoms with van der Waals surface area (Å²) < 4.78 is 13.5. The third-order valence-electron chi connectivity index (χ3n) is 2.81.